The zero-order valence-electron chi connectivity index (χ0n) is 9.45. The van der Waals surface area contributed by atoms with Crippen LogP contribution in [0.1, 0.15) is 37.7 Å². The summed E-state index contributed by atoms with van der Waals surface area (Å²) in [5, 5.41) is 0. The van der Waals surface area contributed by atoms with Gasteiger partial charge in [-0.05, 0) is 42.9 Å². The van der Waals surface area contributed by atoms with Gasteiger partial charge in [-0.15, -0.1) is 0 Å². The number of halogens is 1. The molecule has 2 aliphatic rings. The van der Waals surface area contributed by atoms with Gasteiger partial charge in [0.05, 0.1) is 0 Å². The maximum Gasteiger partial charge on any atom is 0.123 e. The van der Waals surface area contributed by atoms with Gasteiger partial charge < -0.3 is 5.73 Å². The van der Waals surface area contributed by atoms with E-state index in [1.165, 1.54) is 31.2 Å². The minimum atomic E-state index is -0.153. The molecule has 1 aromatic carbocycles. The second-order valence-electron chi connectivity index (χ2n) is 5.34. The van der Waals surface area contributed by atoms with Crippen LogP contribution < -0.4 is 5.73 Å². The van der Waals surface area contributed by atoms with Crippen molar-refractivity contribution in [1.29, 1.82) is 0 Å². The van der Waals surface area contributed by atoms with Crippen LogP contribution in [0.3, 0.4) is 0 Å². The van der Waals surface area contributed by atoms with Crippen LogP contribution in [0.4, 0.5) is 4.39 Å². The second kappa shape index (κ2) is 3.56. The van der Waals surface area contributed by atoms with Crippen molar-refractivity contribution in [3.8, 4) is 0 Å². The van der Waals surface area contributed by atoms with Crippen LogP contribution in [0.25, 0.3) is 0 Å². The van der Waals surface area contributed by atoms with E-state index >= 15 is 0 Å². The standard InChI is InChI=1S/C14H18FN/c15-12-7-5-11(6-8-12)14(9-13(14)16)10-3-1-2-4-10/h5-8,10,13H,1-4,9,16H2/t13-,14?/m1/s1. The van der Waals surface area contributed by atoms with Crippen LogP contribution in [-0.2, 0) is 5.41 Å². The van der Waals surface area contributed by atoms with E-state index in [9.17, 15) is 4.39 Å². The zero-order chi connectivity index (χ0) is 11.2. The number of benzene rings is 1. The lowest BCUT2D eigenvalue weighted by Gasteiger charge is -2.24. The van der Waals surface area contributed by atoms with Crippen LogP contribution in [0.5, 0.6) is 0 Å². The molecule has 2 fully saturated rings. The summed E-state index contributed by atoms with van der Waals surface area (Å²) in [5.41, 5.74) is 7.60. The van der Waals surface area contributed by atoms with Crippen LogP contribution in [0.15, 0.2) is 24.3 Å². The smallest absolute Gasteiger partial charge is 0.123 e. The highest BCUT2D eigenvalue weighted by Gasteiger charge is 2.58. The van der Waals surface area contributed by atoms with E-state index in [0.29, 0.717) is 6.04 Å². The van der Waals surface area contributed by atoms with E-state index < -0.39 is 0 Å². The van der Waals surface area contributed by atoms with Gasteiger partial charge in [-0.1, -0.05) is 25.0 Å². The molecule has 3 rings (SSSR count). The molecule has 0 radical (unpaired) electrons. The molecule has 2 aliphatic carbocycles. The molecule has 86 valence electrons. The fourth-order valence-corrected chi connectivity index (χ4v) is 3.54. The molecular formula is C14H18FN. The molecule has 0 spiro atoms. The fourth-order valence-electron chi connectivity index (χ4n) is 3.54. The SMILES string of the molecule is N[C@@H]1CC1(c1ccc(F)cc1)C1CCCC1. The van der Waals surface area contributed by atoms with Crippen molar-refractivity contribution in [1.82, 2.24) is 0 Å². The molecule has 2 N–H and O–H groups in total. The van der Waals surface area contributed by atoms with Crippen molar-refractivity contribution in [2.45, 2.75) is 43.6 Å². The van der Waals surface area contributed by atoms with Crippen molar-refractivity contribution in [2.75, 3.05) is 0 Å². The van der Waals surface area contributed by atoms with Crippen molar-refractivity contribution < 1.29 is 4.39 Å². The van der Waals surface area contributed by atoms with Crippen LogP contribution in [-0.4, -0.2) is 6.04 Å². The van der Waals surface area contributed by atoms with Gasteiger partial charge in [0.1, 0.15) is 5.82 Å². The quantitative estimate of drug-likeness (QED) is 0.813. The normalized spacial score (nSPS) is 34.2. The summed E-state index contributed by atoms with van der Waals surface area (Å²) < 4.78 is 12.9. The molecule has 2 atom stereocenters. The second-order valence-corrected chi connectivity index (χ2v) is 5.34. The maximum atomic E-state index is 12.9. The Balaban J connectivity index is 1.93. The minimum Gasteiger partial charge on any atom is -0.327 e. The summed E-state index contributed by atoms with van der Waals surface area (Å²) in [7, 11) is 0. The lowest BCUT2D eigenvalue weighted by molar-refractivity contribution is 0.403. The molecule has 1 unspecified atom stereocenters. The van der Waals surface area contributed by atoms with Crippen LogP contribution >= 0.6 is 0 Å². The average molecular weight is 219 g/mol. The Bertz CT molecular complexity index is 380. The summed E-state index contributed by atoms with van der Waals surface area (Å²) in [4.78, 5) is 0. The van der Waals surface area contributed by atoms with Gasteiger partial charge in [0, 0.05) is 11.5 Å². The number of hydrogen-bond acceptors (Lipinski definition) is 1. The third-order valence-electron chi connectivity index (χ3n) is 4.52. The van der Waals surface area contributed by atoms with Crippen molar-refractivity contribution in [2.24, 2.45) is 11.7 Å². The Morgan fingerprint density at radius 2 is 1.69 bits per heavy atom. The summed E-state index contributed by atoms with van der Waals surface area (Å²) in [5.74, 6) is 0.576. The largest absolute Gasteiger partial charge is 0.327 e. The van der Waals surface area contributed by atoms with Gasteiger partial charge >= 0.3 is 0 Å². The monoisotopic (exact) mass is 219 g/mol. The molecule has 0 aliphatic heterocycles. The van der Waals surface area contributed by atoms with Gasteiger partial charge in [0.25, 0.3) is 0 Å². The molecule has 1 aromatic rings. The lowest BCUT2D eigenvalue weighted by Crippen LogP contribution is -2.26. The van der Waals surface area contributed by atoms with Crippen molar-refractivity contribution >= 4 is 0 Å². The van der Waals surface area contributed by atoms with Crippen molar-refractivity contribution in [3.05, 3.63) is 35.6 Å². The summed E-state index contributed by atoms with van der Waals surface area (Å²) in [6, 6.07) is 7.29. The van der Waals surface area contributed by atoms with E-state index in [2.05, 4.69) is 0 Å². The van der Waals surface area contributed by atoms with E-state index in [1.54, 1.807) is 12.1 Å². The Hall–Kier alpha value is -0.890. The highest BCUT2D eigenvalue weighted by atomic mass is 19.1. The molecular weight excluding hydrogens is 201 g/mol. The van der Waals surface area contributed by atoms with E-state index in [1.807, 2.05) is 12.1 Å². The average Bonchev–Trinajstić information content (AvgIpc) is 2.77. The van der Waals surface area contributed by atoms with Crippen LogP contribution in [0, 0.1) is 11.7 Å². The molecule has 1 nitrogen and oxygen atoms in total. The van der Waals surface area contributed by atoms with Crippen molar-refractivity contribution in [3.63, 3.8) is 0 Å². The van der Waals surface area contributed by atoms with Gasteiger partial charge in [0.2, 0.25) is 0 Å². The first kappa shape index (κ1) is 10.3. The van der Waals surface area contributed by atoms with Gasteiger partial charge in [-0.25, -0.2) is 4.39 Å². The van der Waals surface area contributed by atoms with E-state index in [0.717, 1.165) is 12.3 Å². The molecule has 0 saturated heterocycles. The first-order valence-electron chi connectivity index (χ1n) is 6.25. The first-order valence-corrected chi connectivity index (χ1v) is 6.25. The van der Waals surface area contributed by atoms with Crippen LogP contribution in [0.2, 0.25) is 0 Å². The Morgan fingerprint density at radius 3 is 2.19 bits per heavy atom. The highest BCUT2D eigenvalue weighted by molar-refractivity contribution is 5.37. The summed E-state index contributed by atoms with van der Waals surface area (Å²) in [6.45, 7) is 0. The molecule has 2 saturated carbocycles. The highest BCUT2D eigenvalue weighted by Crippen LogP contribution is 2.57. The third kappa shape index (κ3) is 1.40. The molecule has 0 aromatic heterocycles. The zero-order valence-corrected chi connectivity index (χ0v) is 9.45. The fraction of sp³-hybridized carbons (Fsp3) is 0.571. The topological polar surface area (TPSA) is 26.0 Å². The molecule has 0 bridgehead atoms. The van der Waals surface area contributed by atoms with Gasteiger partial charge in [-0.2, -0.15) is 0 Å². The number of nitrogens with two attached hydrogens (primary N) is 1. The van der Waals surface area contributed by atoms with E-state index in [-0.39, 0.29) is 11.2 Å². The summed E-state index contributed by atoms with van der Waals surface area (Å²) >= 11 is 0. The number of hydrogen-bond donors (Lipinski definition) is 1. The van der Waals surface area contributed by atoms with Gasteiger partial charge in [0.15, 0.2) is 0 Å². The Morgan fingerprint density at radius 1 is 1.12 bits per heavy atom. The first-order chi connectivity index (χ1) is 7.73. The number of rotatable bonds is 2. The molecule has 2 heteroatoms. The third-order valence-corrected chi connectivity index (χ3v) is 4.52. The lowest BCUT2D eigenvalue weighted by atomic mass is 9.81. The minimum absolute atomic E-state index is 0.153. The predicted molar refractivity (Wildman–Crippen MR) is 62.6 cm³/mol. The predicted octanol–water partition coefficient (Wildman–Crippen LogP) is 2.98. The molecule has 0 heterocycles. The molecule has 0 amide bonds. The van der Waals surface area contributed by atoms with Gasteiger partial charge in [-0.3, -0.25) is 0 Å². The Labute approximate surface area is 95.8 Å². The molecule has 16 heavy (non-hydrogen) atoms. The van der Waals surface area contributed by atoms with E-state index in [4.69, 9.17) is 5.73 Å². The Kier molecular flexibility index (Phi) is 2.28. The maximum absolute atomic E-state index is 12.9. The summed E-state index contributed by atoms with van der Waals surface area (Å²) in [6.07, 6.45) is 6.35.